The second kappa shape index (κ2) is 8.57. The lowest BCUT2D eigenvalue weighted by Crippen LogP contribution is -2.21. The van der Waals surface area contributed by atoms with Gasteiger partial charge in [-0.15, -0.1) is 11.3 Å². The van der Waals surface area contributed by atoms with Crippen LogP contribution in [0.2, 0.25) is 5.02 Å². The van der Waals surface area contributed by atoms with Gasteiger partial charge in [-0.25, -0.2) is 0 Å². The average Bonchev–Trinajstić information content (AvgIpc) is 2.84. The predicted molar refractivity (Wildman–Crippen MR) is 94.5 cm³/mol. The maximum absolute atomic E-state index is 6.45. The van der Waals surface area contributed by atoms with Crippen LogP contribution in [0.5, 0.6) is 0 Å². The zero-order valence-electron chi connectivity index (χ0n) is 12.9. The average molecular weight is 322 g/mol. The lowest BCUT2D eigenvalue weighted by atomic mass is 10.0. The van der Waals surface area contributed by atoms with Crippen LogP contribution in [0, 0.1) is 6.92 Å². The molecule has 1 nitrogen and oxygen atoms in total. The zero-order valence-corrected chi connectivity index (χ0v) is 14.4. The molecule has 21 heavy (non-hydrogen) atoms. The van der Waals surface area contributed by atoms with Gasteiger partial charge in [-0.05, 0) is 55.7 Å². The molecule has 0 spiro atoms. The molecule has 0 saturated carbocycles. The fraction of sp³-hybridized carbons (Fsp3) is 0.444. The van der Waals surface area contributed by atoms with Crippen LogP contribution in [-0.4, -0.2) is 6.54 Å². The first-order chi connectivity index (χ1) is 10.2. The highest BCUT2D eigenvalue weighted by Crippen LogP contribution is 2.34. The number of hydrogen-bond acceptors (Lipinski definition) is 2. The summed E-state index contributed by atoms with van der Waals surface area (Å²) in [5, 5.41) is 6.77. The summed E-state index contributed by atoms with van der Waals surface area (Å²) in [6, 6.07) is 11.1. The third-order valence-corrected chi connectivity index (χ3v) is 5.51. The number of thiophene rings is 1. The highest BCUT2D eigenvalue weighted by molar-refractivity contribution is 7.10. The van der Waals surface area contributed by atoms with Crippen LogP contribution in [0.15, 0.2) is 35.7 Å². The molecule has 3 heteroatoms. The first-order valence-corrected chi connectivity index (χ1v) is 8.99. The van der Waals surface area contributed by atoms with Gasteiger partial charge in [0.25, 0.3) is 0 Å². The Morgan fingerprint density at radius 2 is 2.00 bits per heavy atom. The van der Waals surface area contributed by atoms with Gasteiger partial charge in [-0.1, -0.05) is 48.9 Å². The molecule has 1 aromatic carbocycles. The van der Waals surface area contributed by atoms with Gasteiger partial charge < -0.3 is 5.32 Å². The lowest BCUT2D eigenvalue weighted by Gasteiger charge is -2.18. The Labute approximate surface area is 137 Å². The molecule has 0 aliphatic rings. The van der Waals surface area contributed by atoms with Gasteiger partial charge >= 0.3 is 0 Å². The molecule has 0 fully saturated rings. The van der Waals surface area contributed by atoms with Gasteiger partial charge in [-0.2, -0.15) is 0 Å². The molecule has 0 aliphatic carbocycles. The molecule has 114 valence electrons. The summed E-state index contributed by atoms with van der Waals surface area (Å²) >= 11 is 8.24. The number of halogens is 1. The smallest absolute Gasteiger partial charge is 0.0590 e. The third-order valence-electron chi connectivity index (χ3n) is 3.68. The number of hydrogen-bond donors (Lipinski definition) is 1. The van der Waals surface area contributed by atoms with Crippen molar-refractivity contribution in [2.24, 2.45) is 0 Å². The standard InChI is InChI=1S/C18H24ClNS/c1-3-12-20-16(18-17(19)14(2)13-21-18)11-7-10-15-8-5-4-6-9-15/h4-6,8-9,13,16,20H,3,7,10-12H2,1-2H3. The first kappa shape index (κ1) is 16.5. The van der Waals surface area contributed by atoms with Gasteiger partial charge in [0.2, 0.25) is 0 Å². The van der Waals surface area contributed by atoms with E-state index < -0.39 is 0 Å². The van der Waals surface area contributed by atoms with E-state index in [0.29, 0.717) is 6.04 Å². The zero-order chi connectivity index (χ0) is 15.1. The minimum atomic E-state index is 0.389. The second-order valence-corrected chi connectivity index (χ2v) is 6.77. The van der Waals surface area contributed by atoms with E-state index in [1.807, 2.05) is 0 Å². The van der Waals surface area contributed by atoms with Crippen molar-refractivity contribution in [1.29, 1.82) is 0 Å². The maximum atomic E-state index is 6.45. The number of benzene rings is 1. The molecule has 1 aromatic heterocycles. The normalized spacial score (nSPS) is 12.5. The molecular formula is C18H24ClNS. The van der Waals surface area contributed by atoms with E-state index in [2.05, 4.69) is 54.9 Å². The highest BCUT2D eigenvalue weighted by Gasteiger charge is 2.17. The molecule has 2 rings (SSSR count). The molecule has 2 aromatic rings. The summed E-state index contributed by atoms with van der Waals surface area (Å²) < 4.78 is 0. The van der Waals surface area contributed by atoms with E-state index in [-0.39, 0.29) is 0 Å². The van der Waals surface area contributed by atoms with E-state index in [9.17, 15) is 0 Å². The number of aryl methyl sites for hydroxylation is 2. The van der Waals surface area contributed by atoms with Crippen molar-refractivity contribution in [2.45, 2.75) is 45.6 Å². The summed E-state index contributed by atoms with van der Waals surface area (Å²) in [4.78, 5) is 1.30. The topological polar surface area (TPSA) is 12.0 Å². The van der Waals surface area contributed by atoms with Crippen molar-refractivity contribution in [3.05, 3.63) is 56.7 Å². The Morgan fingerprint density at radius 1 is 1.24 bits per heavy atom. The van der Waals surface area contributed by atoms with Gasteiger partial charge in [-0.3, -0.25) is 0 Å². The van der Waals surface area contributed by atoms with Crippen LogP contribution >= 0.6 is 22.9 Å². The Hall–Kier alpha value is -0.830. The van der Waals surface area contributed by atoms with Crippen LogP contribution in [-0.2, 0) is 6.42 Å². The molecular weight excluding hydrogens is 298 g/mol. The van der Waals surface area contributed by atoms with Gasteiger partial charge in [0, 0.05) is 10.9 Å². The second-order valence-electron chi connectivity index (χ2n) is 5.48. The predicted octanol–water partition coefficient (Wildman–Crippen LogP) is 5.77. The fourth-order valence-electron chi connectivity index (χ4n) is 2.48. The molecule has 0 saturated heterocycles. The quantitative estimate of drug-likeness (QED) is 0.650. The Kier molecular flexibility index (Phi) is 6.75. The summed E-state index contributed by atoms with van der Waals surface area (Å²) in [7, 11) is 0. The number of nitrogens with one attached hydrogen (secondary N) is 1. The number of rotatable bonds is 8. The van der Waals surface area contributed by atoms with Crippen molar-refractivity contribution in [3.8, 4) is 0 Å². The van der Waals surface area contributed by atoms with Gasteiger partial charge in [0.15, 0.2) is 0 Å². The SMILES string of the molecule is CCCNC(CCCc1ccccc1)c1scc(C)c1Cl. The van der Waals surface area contributed by atoms with Crippen LogP contribution in [0.4, 0.5) is 0 Å². The molecule has 1 heterocycles. The summed E-state index contributed by atoms with van der Waals surface area (Å²) in [5.74, 6) is 0. The first-order valence-electron chi connectivity index (χ1n) is 7.73. The van der Waals surface area contributed by atoms with Crippen molar-refractivity contribution >= 4 is 22.9 Å². The maximum Gasteiger partial charge on any atom is 0.0590 e. The van der Waals surface area contributed by atoms with Crippen LogP contribution in [0.3, 0.4) is 0 Å². The van der Waals surface area contributed by atoms with E-state index in [1.165, 1.54) is 22.4 Å². The van der Waals surface area contributed by atoms with Crippen LogP contribution < -0.4 is 5.32 Å². The van der Waals surface area contributed by atoms with Crippen molar-refractivity contribution in [2.75, 3.05) is 6.54 Å². The van der Waals surface area contributed by atoms with E-state index in [1.54, 1.807) is 11.3 Å². The molecule has 0 aliphatic heterocycles. The third kappa shape index (κ3) is 4.84. The summed E-state index contributed by atoms with van der Waals surface area (Å²) in [6.45, 7) is 5.34. The Balaban J connectivity index is 1.95. The van der Waals surface area contributed by atoms with Crippen molar-refractivity contribution < 1.29 is 0 Å². The largest absolute Gasteiger partial charge is 0.309 e. The van der Waals surface area contributed by atoms with Gasteiger partial charge in [0.1, 0.15) is 0 Å². The monoisotopic (exact) mass is 321 g/mol. The molecule has 1 unspecified atom stereocenters. The summed E-state index contributed by atoms with van der Waals surface area (Å²) in [6.07, 6.45) is 4.59. The van der Waals surface area contributed by atoms with Crippen molar-refractivity contribution in [1.82, 2.24) is 5.32 Å². The van der Waals surface area contributed by atoms with E-state index >= 15 is 0 Å². The minimum Gasteiger partial charge on any atom is -0.309 e. The Morgan fingerprint density at radius 3 is 2.62 bits per heavy atom. The molecule has 0 amide bonds. The molecule has 1 N–H and O–H groups in total. The lowest BCUT2D eigenvalue weighted by molar-refractivity contribution is 0.490. The van der Waals surface area contributed by atoms with E-state index in [0.717, 1.165) is 30.8 Å². The highest BCUT2D eigenvalue weighted by atomic mass is 35.5. The fourth-order valence-corrected chi connectivity index (χ4v) is 3.92. The Bertz CT molecular complexity index is 535. The molecule has 0 bridgehead atoms. The van der Waals surface area contributed by atoms with E-state index in [4.69, 9.17) is 11.6 Å². The van der Waals surface area contributed by atoms with Crippen LogP contribution in [0.25, 0.3) is 0 Å². The van der Waals surface area contributed by atoms with Gasteiger partial charge in [0.05, 0.1) is 5.02 Å². The molecule has 1 atom stereocenters. The molecule has 0 radical (unpaired) electrons. The van der Waals surface area contributed by atoms with Crippen LogP contribution in [0.1, 0.15) is 48.2 Å². The van der Waals surface area contributed by atoms with Crippen molar-refractivity contribution in [3.63, 3.8) is 0 Å². The minimum absolute atomic E-state index is 0.389. The summed E-state index contributed by atoms with van der Waals surface area (Å²) in [5.41, 5.74) is 2.61.